The van der Waals surface area contributed by atoms with Crippen molar-refractivity contribution in [1.82, 2.24) is 0 Å². The molecule has 0 N–H and O–H groups in total. The van der Waals surface area contributed by atoms with Crippen molar-refractivity contribution in [3.8, 4) is 0 Å². The van der Waals surface area contributed by atoms with E-state index in [1.165, 1.54) is 11.3 Å². The summed E-state index contributed by atoms with van der Waals surface area (Å²) in [7, 11) is 0. The topological polar surface area (TPSA) is 0 Å². The van der Waals surface area contributed by atoms with Crippen LogP contribution in [0.25, 0.3) is 0 Å². The average molecular weight is 342 g/mol. The molecule has 1 aromatic heterocycles. The molecule has 1 aromatic carbocycles. The first kappa shape index (κ1) is 12.9. The van der Waals surface area contributed by atoms with Crippen molar-refractivity contribution in [2.75, 3.05) is 0 Å². The van der Waals surface area contributed by atoms with Crippen molar-refractivity contribution >= 4 is 38.9 Å². The Morgan fingerprint density at radius 2 is 1.76 bits per heavy atom. The summed E-state index contributed by atoms with van der Waals surface area (Å²) in [5.41, 5.74) is -0.240. The smallest absolute Gasteiger partial charge is 0.133 e. The Morgan fingerprint density at radius 1 is 1.18 bits per heavy atom. The molecule has 0 bridgehead atoms. The number of hydrogen-bond donors (Lipinski definition) is 0. The molecule has 2 aromatic rings. The summed E-state index contributed by atoms with van der Waals surface area (Å²) < 4.78 is 39.8. The Bertz CT molecular complexity index is 532. The van der Waals surface area contributed by atoms with Crippen LogP contribution in [0.5, 0.6) is 0 Å². The van der Waals surface area contributed by atoms with E-state index in [2.05, 4.69) is 15.9 Å². The Hall–Kier alpha value is -0.520. The van der Waals surface area contributed by atoms with Gasteiger partial charge in [0.15, 0.2) is 0 Å². The van der Waals surface area contributed by atoms with Gasteiger partial charge in [0.2, 0.25) is 0 Å². The molecule has 0 radical (unpaired) electrons. The van der Waals surface area contributed by atoms with Gasteiger partial charge in [-0.05, 0) is 11.4 Å². The van der Waals surface area contributed by atoms with Gasteiger partial charge in [-0.3, -0.25) is 0 Å². The van der Waals surface area contributed by atoms with Crippen molar-refractivity contribution in [2.45, 2.75) is 4.83 Å². The number of alkyl halides is 1. The van der Waals surface area contributed by atoms with E-state index in [0.717, 1.165) is 0 Å². The molecule has 0 amide bonds. The summed E-state index contributed by atoms with van der Waals surface area (Å²) in [6.07, 6.45) is 0. The van der Waals surface area contributed by atoms with E-state index >= 15 is 0 Å². The zero-order chi connectivity index (χ0) is 12.6. The molecule has 0 aliphatic carbocycles. The average Bonchev–Trinajstić information content (AvgIpc) is 2.62. The summed E-state index contributed by atoms with van der Waals surface area (Å²) in [6.45, 7) is 0. The fourth-order valence-corrected chi connectivity index (χ4v) is 3.70. The lowest BCUT2D eigenvalue weighted by molar-refractivity contribution is 0.528. The van der Waals surface area contributed by atoms with E-state index in [1.807, 2.05) is 0 Å². The third kappa shape index (κ3) is 2.51. The molecule has 0 aliphatic rings. The lowest BCUT2D eigenvalue weighted by Crippen LogP contribution is -2.00. The van der Waals surface area contributed by atoms with Gasteiger partial charge in [0.25, 0.3) is 0 Å². The van der Waals surface area contributed by atoms with Gasteiger partial charge >= 0.3 is 0 Å². The van der Waals surface area contributed by atoms with Crippen LogP contribution in [0.15, 0.2) is 23.6 Å². The van der Waals surface area contributed by atoms with E-state index in [4.69, 9.17) is 11.6 Å². The van der Waals surface area contributed by atoms with E-state index in [0.29, 0.717) is 22.0 Å². The van der Waals surface area contributed by atoms with Gasteiger partial charge in [0.1, 0.15) is 17.5 Å². The summed E-state index contributed by atoms with van der Waals surface area (Å²) in [5.74, 6) is -2.82. The first-order valence-corrected chi connectivity index (χ1v) is 6.69. The van der Waals surface area contributed by atoms with Crippen LogP contribution < -0.4 is 0 Å². The normalized spacial score (nSPS) is 12.8. The molecule has 1 atom stereocenters. The van der Waals surface area contributed by atoms with E-state index in [-0.39, 0.29) is 5.56 Å². The Kier molecular flexibility index (Phi) is 3.80. The zero-order valence-corrected chi connectivity index (χ0v) is 11.3. The predicted molar refractivity (Wildman–Crippen MR) is 66.4 cm³/mol. The van der Waals surface area contributed by atoms with Crippen LogP contribution in [-0.2, 0) is 0 Å². The molecule has 1 heterocycles. The van der Waals surface area contributed by atoms with E-state index in [9.17, 15) is 13.2 Å². The van der Waals surface area contributed by atoms with E-state index < -0.39 is 22.3 Å². The maximum Gasteiger partial charge on any atom is 0.133 e. The molecule has 0 spiro atoms. The molecule has 0 saturated carbocycles. The van der Waals surface area contributed by atoms with Gasteiger partial charge in [-0.15, -0.1) is 11.3 Å². The fourth-order valence-electron chi connectivity index (χ4n) is 1.41. The zero-order valence-electron chi connectivity index (χ0n) is 8.18. The monoisotopic (exact) mass is 340 g/mol. The largest absolute Gasteiger partial charge is 0.207 e. The second-order valence-electron chi connectivity index (χ2n) is 3.28. The fraction of sp³-hybridized carbons (Fsp3) is 0.0909. The molecule has 17 heavy (non-hydrogen) atoms. The quantitative estimate of drug-likeness (QED) is 0.650. The maximum atomic E-state index is 13.5. The van der Waals surface area contributed by atoms with Crippen LogP contribution in [-0.4, -0.2) is 0 Å². The molecular weight excluding hydrogens is 337 g/mol. The van der Waals surface area contributed by atoms with Gasteiger partial charge in [0.05, 0.1) is 9.85 Å². The molecule has 6 heteroatoms. The highest BCUT2D eigenvalue weighted by Crippen LogP contribution is 2.40. The minimum absolute atomic E-state index is 0.240. The lowest BCUT2D eigenvalue weighted by Gasteiger charge is -2.11. The summed E-state index contributed by atoms with van der Waals surface area (Å²) in [5, 5.41) is 2.13. The number of thiophene rings is 1. The molecule has 0 nitrogen and oxygen atoms in total. The minimum atomic E-state index is -0.944. The highest BCUT2D eigenvalue weighted by Gasteiger charge is 2.23. The number of halogens is 5. The predicted octanol–water partition coefficient (Wildman–Crippen LogP) is 5.30. The van der Waals surface area contributed by atoms with Gasteiger partial charge in [-0.2, -0.15) is 0 Å². The molecule has 0 fully saturated rings. The van der Waals surface area contributed by atoms with Gasteiger partial charge in [0, 0.05) is 22.6 Å². The summed E-state index contributed by atoms with van der Waals surface area (Å²) in [4.78, 5) is -0.147. The van der Waals surface area contributed by atoms with Crippen LogP contribution in [0.2, 0.25) is 5.02 Å². The third-order valence-corrected chi connectivity index (χ3v) is 4.81. The number of benzene rings is 1. The number of hydrogen-bond acceptors (Lipinski definition) is 1. The van der Waals surface area contributed by atoms with E-state index in [1.54, 1.807) is 11.4 Å². The lowest BCUT2D eigenvalue weighted by atomic mass is 10.1. The van der Waals surface area contributed by atoms with Crippen molar-refractivity contribution in [3.63, 3.8) is 0 Å². The maximum absolute atomic E-state index is 13.5. The van der Waals surface area contributed by atoms with Crippen LogP contribution in [0.3, 0.4) is 0 Å². The highest BCUT2D eigenvalue weighted by molar-refractivity contribution is 9.09. The molecule has 90 valence electrons. The molecule has 0 aliphatic heterocycles. The van der Waals surface area contributed by atoms with Crippen molar-refractivity contribution in [2.24, 2.45) is 0 Å². The van der Waals surface area contributed by atoms with Crippen LogP contribution in [0.1, 0.15) is 15.3 Å². The minimum Gasteiger partial charge on any atom is -0.207 e. The van der Waals surface area contributed by atoms with Crippen molar-refractivity contribution in [1.29, 1.82) is 0 Å². The second kappa shape index (κ2) is 5.00. The Morgan fingerprint density at radius 3 is 2.24 bits per heavy atom. The highest BCUT2D eigenvalue weighted by atomic mass is 79.9. The first-order chi connectivity index (χ1) is 8.00. The first-order valence-electron chi connectivity index (χ1n) is 4.52. The third-order valence-electron chi connectivity index (χ3n) is 2.17. The second-order valence-corrected chi connectivity index (χ2v) is 5.55. The van der Waals surface area contributed by atoms with Crippen molar-refractivity contribution < 1.29 is 13.2 Å². The number of rotatable bonds is 2. The van der Waals surface area contributed by atoms with Crippen molar-refractivity contribution in [3.05, 3.63) is 56.5 Å². The van der Waals surface area contributed by atoms with Crippen LogP contribution in [0, 0.1) is 17.5 Å². The molecule has 1 unspecified atom stereocenters. The summed E-state index contributed by atoms with van der Waals surface area (Å²) in [6, 6.07) is 2.93. The summed E-state index contributed by atoms with van der Waals surface area (Å²) >= 11 is 10.3. The molecule has 2 rings (SSSR count). The molecule has 0 saturated heterocycles. The van der Waals surface area contributed by atoms with Gasteiger partial charge < -0.3 is 0 Å². The Labute approximate surface area is 113 Å². The van der Waals surface area contributed by atoms with Crippen LogP contribution >= 0.6 is 38.9 Å². The molecular formula is C11H5BrClF3S. The van der Waals surface area contributed by atoms with Crippen LogP contribution in [0.4, 0.5) is 13.2 Å². The SMILES string of the molecule is Fc1cc(F)c(C(Br)c2sccc2Cl)c(F)c1. The Balaban J connectivity index is 2.51. The van der Waals surface area contributed by atoms with Gasteiger partial charge in [-0.25, -0.2) is 13.2 Å². The standard InChI is InChI=1S/C11H5BrClF3S/c12-10(11-6(13)1-2-17-11)9-7(15)3-5(14)4-8(9)16/h1-4,10H. The van der Waals surface area contributed by atoms with Gasteiger partial charge in [-0.1, -0.05) is 27.5 Å².